The van der Waals surface area contributed by atoms with Gasteiger partial charge in [-0.15, -0.1) is 0 Å². The summed E-state index contributed by atoms with van der Waals surface area (Å²) in [5, 5.41) is 3.46. The van der Waals surface area contributed by atoms with Gasteiger partial charge >= 0.3 is 0 Å². The summed E-state index contributed by atoms with van der Waals surface area (Å²) in [6.45, 7) is 5.55. The first-order valence-electron chi connectivity index (χ1n) is 6.10. The second-order valence-electron chi connectivity index (χ2n) is 4.78. The monoisotopic (exact) mass is 219 g/mol. The van der Waals surface area contributed by atoms with Crippen molar-refractivity contribution in [3.63, 3.8) is 0 Å². The fourth-order valence-corrected chi connectivity index (χ4v) is 2.29. The number of nitrogens with one attached hydrogen (secondary N) is 1. The molecule has 3 nitrogen and oxygen atoms in total. The summed E-state index contributed by atoms with van der Waals surface area (Å²) < 4.78 is 0. The van der Waals surface area contributed by atoms with Crippen molar-refractivity contribution in [1.82, 2.24) is 10.3 Å². The molecule has 3 heteroatoms. The zero-order chi connectivity index (χ0) is 11.4. The molecule has 0 amide bonds. The minimum atomic E-state index is 0.765. The SMILES string of the molecule is Cc1ccnc(N(C)C[C@H]2CCCNC2)c1. The Morgan fingerprint density at radius 3 is 3.12 bits per heavy atom. The average molecular weight is 219 g/mol. The predicted octanol–water partition coefficient (Wildman–Crippen LogP) is 1.83. The van der Waals surface area contributed by atoms with Crippen LogP contribution < -0.4 is 10.2 Å². The molecule has 88 valence electrons. The smallest absolute Gasteiger partial charge is 0.128 e. The molecule has 0 saturated carbocycles. The second kappa shape index (κ2) is 5.30. The standard InChI is InChI=1S/C13H21N3/c1-11-5-7-15-13(8-11)16(2)10-12-4-3-6-14-9-12/h5,7-8,12,14H,3-4,6,9-10H2,1-2H3/t12-/m0/s1. The number of rotatable bonds is 3. The molecule has 2 heterocycles. The van der Waals surface area contributed by atoms with E-state index < -0.39 is 0 Å². The van der Waals surface area contributed by atoms with Crippen LogP contribution in [-0.2, 0) is 0 Å². The Labute approximate surface area is 97.9 Å². The van der Waals surface area contributed by atoms with E-state index >= 15 is 0 Å². The maximum absolute atomic E-state index is 4.41. The second-order valence-corrected chi connectivity index (χ2v) is 4.78. The van der Waals surface area contributed by atoms with Crippen LogP contribution >= 0.6 is 0 Å². The number of anilines is 1. The van der Waals surface area contributed by atoms with E-state index in [1.807, 2.05) is 12.3 Å². The van der Waals surface area contributed by atoms with Crippen molar-refractivity contribution in [3.05, 3.63) is 23.9 Å². The van der Waals surface area contributed by atoms with Crippen LogP contribution in [0.2, 0.25) is 0 Å². The average Bonchev–Trinajstić information content (AvgIpc) is 2.30. The first-order valence-corrected chi connectivity index (χ1v) is 6.10. The molecule has 16 heavy (non-hydrogen) atoms. The summed E-state index contributed by atoms with van der Waals surface area (Å²) in [6, 6.07) is 4.19. The summed E-state index contributed by atoms with van der Waals surface area (Å²) in [5.41, 5.74) is 1.28. The van der Waals surface area contributed by atoms with Gasteiger partial charge in [-0.3, -0.25) is 0 Å². The third kappa shape index (κ3) is 2.95. The highest BCUT2D eigenvalue weighted by Gasteiger charge is 2.15. The number of nitrogens with zero attached hydrogens (tertiary/aromatic N) is 2. The summed E-state index contributed by atoms with van der Waals surface area (Å²) in [6.07, 6.45) is 4.53. The van der Waals surface area contributed by atoms with Gasteiger partial charge in [0.2, 0.25) is 0 Å². The van der Waals surface area contributed by atoms with Crippen LogP contribution in [0.3, 0.4) is 0 Å². The molecular weight excluding hydrogens is 198 g/mol. The van der Waals surface area contributed by atoms with Crippen molar-refractivity contribution in [2.45, 2.75) is 19.8 Å². The highest BCUT2D eigenvalue weighted by atomic mass is 15.2. The number of piperidine rings is 1. The molecule has 1 saturated heterocycles. The molecule has 0 radical (unpaired) electrons. The van der Waals surface area contributed by atoms with Crippen LogP contribution in [0.1, 0.15) is 18.4 Å². The van der Waals surface area contributed by atoms with Gasteiger partial charge in [-0.2, -0.15) is 0 Å². The molecule has 0 unspecified atom stereocenters. The van der Waals surface area contributed by atoms with Gasteiger partial charge in [0.05, 0.1) is 0 Å². The number of hydrogen-bond donors (Lipinski definition) is 1. The fraction of sp³-hybridized carbons (Fsp3) is 0.615. The molecule has 1 aromatic heterocycles. The third-order valence-corrected chi connectivity index (χ3v) is 3.22. The molecule has 2 rings (SSSR count). The molecule has 1 atom stereocenters. The van der Waals surface area contributed by atoms with E-state index in [2.05, 4.69) is 35.2 Å². The summed E-state index contributed by atoms with van der Waals surface area (Å²) in [5.74, 6) is 1.85. The van der Waals surface area contributed by atoms with E-state index in [1.54, 1.807) is 0 Å². The zero-order valence-corrected chi connectivity index (χ0v) is 10.2. The largest absolute Gasteiger partial charge is 0.359 e. The van der Waals surface area contributed by atoms with Crippen molar-refractivity contribution >= 4 is 5.82 Å². The third-order valence-electron chi connectivity index (χ3n) is 3.22. The van der Waals surface area contributed by atoms with Gasteiger partial charge in [0, 0.05) is 19.8 Å². The summed E-state index contributed by atoms with van der Waals surface area (Å²) >= 11 is 0. The number of aryl methyl sites for hydroxylation is 1. The van der Waals surface area contributed by atoms with Crippen LogP contribution in [0, 0.1) is 12.8 Å². The van der Waals surface area contributed by atoms with Gasteiger partial charge in [0.15, 0.2) is 0 Å². The van der Waals surface area contributed by atoms with Crippen LogP contribution in [0.4, 0.5) is 5.82 Å². The molecule has 1 aliphatic rings. The Morgan fingerprint density at radius 1 is 1.56 bits per heavy atom. The van der Waals surface area contributed by atoms with E-state index in [4.69, 9.17) is 0 Å². The molecule has 0 aromatic carbocycles. The van der Waals surface area contributed by atoms with Crippen molar-refractivity contribution < 1.29 is 0 Å². The normalized spacial score (nSPS) is 20.8. The minimum Gasteiger partial charge on any atom is -0.359 e. The molecule has 1 aliphatic heterocycles. The number of hydrogen-bond acceptors (Lipinski definition) is 3. The lowest BCUT2D eigenvalue weighted by molar-refractivity contribution is 0.380. The topological polar surface area (TPSA) is 28.2 Å². The fourth-order valence-electron chi connectivity index (χ4n) is 2.29. The lowest BCUT2D eigenvalue weighted by atomic mass is 9.99. The lowest BCUT2D eigenvalue weighted by Gasteiger charge is -2.28. The van der Waals surface area contributed by atoms with Crippen LogP contribution in [0.5, 0.6) is 0 Å². The predicted molar refractivity (Wildman–Crippen MR) is 67.8 cm³/mol. The van der Waals surface area contributed by atoms with E-state index in [1.165, 1.54) is 24.9 Å². The Kier molecular flexibility index (Phi) is 3.78. The molecule has 0 spiro atoms. The Bertz CT molecular complexity index is 332. The highest BCUT2D eigenvalue weighted by molar-refractivity contribution is 5.39. The summed E-state index contributed by atoms with van der Waals surface area (Å²) in [4.78, 5) is 6.68. The van der Waals surface area contributed by atoms with Gasteiger partial charge in [-0.05, 0) is 56.5 Å². The van der Waals surface area contributed by atoms with Gasteiger partial charge in [-0.25, -0.2) is 4.98 Å². The van der Waals surface area contributed by atoms with Gasteiger partial charge < -0.3 is 10.2 Å². The maximum atomic E-state index is 4.41. The van der Waals surface area contributed by atoms with Crippen molar-refractivity contribution in [2.75, 3.05) is 31.6 Å². The number of aromatic nitrogens is 1. The molecule has 1 fully saturated rings. The molecule has 1 N–H and O–H groups in total. The molecule has 1 aromatic rings. The van der Waals surface area contributed by atoms with Crippen LogP contribution in [-0.4, -0.2) is 31.7 Å². The molecule has 0 bridgehead atoms. The maximum Gasteiger partial charge on any atom is 0.128 e. The first kappa shape index (κ1) is 11.4. The highest BCUT2D eigenvalue weighted by Crippen LogP contribution is 2.16. The number of pyridine rings is 1. The van der Waals surface area contributed by atoms with Crippen molar-refractivity contribution in [2.24, 2.45) is 5.92 Å². The Hall–Kier alpha value is -1.09. The van der Waals surface area contributed by atoms with Crippen molar-refractivity contribution in [3.8, 4) is 0 Å². The van der Waals surface area contributed by atoms with E-state index in [-0.39, 0.29) is 0 Å². The van der Waals surface area contributed by atoms with E-state index in [0.29, 0.717) is 0 Å². The zero-order valence-electron chi connectivity index (χ0n) is 10.2. The Balaban J connectivity index is 1.94. The van der Waals surface area contributed by atoms with Crippen LogP contribution in [0.25, 0.3) is 0 Å². The molecule has 0 aliphatic carbocycles. The summed E-state index contributed by atoms with van der Waals surface area (Å²) in [7, 11) is 2.14. The van der Waals surface area contributed by atoms with Gasteiger partial charge in [0.25, 0.3) is 0 Å². The molecular formula is C13H21N3. The lowest BCUT2D eigenvalue weighted by Crippen LogP contribution is -2.37. The minimum absolute atomic E-state index is 0.765. The quantitative estimate of drug-likeness (QED) is 0.840. The van der Waals surface area contributed by atoms with E-state index in [0.717, 1.165) is 24.8 Å². The first-order chi connectivity index (χ1) is 7.75. The van der Waals surface area contributed by atoms with Gasteiger partial charge in [-0.1, -0.05) is 0 Å². The van der Waals surface area contributed by atoms with Crippen molar-refractivity contribution in [1.29, 1.82) is 0 Å². The van der Waals surface area contributed by atoms with Gasteiger partial charge in [0.1, 0.15) is 5.82 Å². The Morgan fingerprint density at radius 2 is 2.44 bits per heavy atom. The van der Waals surface area contributed by atoms with E-state index in [9.17, 15) is 0 Å². The van der Waals surface area contributed by atoms with Crippen LogP contribution in [0.15, 0.2) is 18.3 Å².